The van der Waals surface area contributed by atoms with Crippen molar-refractivity contribution in [3.63, 3.8) is 0 Å². The lowest BCUT2D eigenvalue weighted by molar-refractivity contribution is 0.0997. The molecule has 0 radical (unpaired) electrons. The Kier molecular flexibility index (Phi) is 3.35. The van der Waals surface area contributed by atoms with E-state index in [2.05, 4.69) is 0 Å². The van der Waals surface area contributed by atoms with Gasteiger partial charge >= 0.3 is 0 Å². The number of alkyl halides is 1. The molecule has 0 heterocycles. The average molecular weight is 296 g/mol. The summed E-state index contributed by atoms with van der Waals surface area (Å²) in [7, 11) is 0. The van der Waals surface area contributed by atoms with E-state index >= 15 is 0 Å². The van der Waals surface area contributed by atoms with Crippen LogP contribution in [0.4, 0.5) is 8.78 Å². The van der Waals surface area contributed by atoms with Crippen LogP contribution in [0.3, 0.4) is 0 Å². The van der Waals surface area contributed by atoms with Crippen molar-refractivity contribution >= 4 is 28.4 Å². The highest BCUT2D eigenvalue weighted by atomic mass is 127. The van der Waals surface area contributed by atoms with Gasteiger partial charge in [0.2, 0.25) is 0 Å². The summed E-state index contributed by atoms with van der Waals surface area (Å²) >= 11 is 1.90. The van der Waals surface area contributed by atoms with E-state index in [1.807, 2.05) is 22.6 Å². The van der Waals surface area contributed by atoms with E-state index in [1.54, 1.807) is 6.92 Å². The van der Waals surface area contributed by atoms with Crippen LogP contribution in [0, 0.1) is 11.6 Å². The molecule has 70 valence electrons. The third-order valence-electron chi connectivity index (χ3n) is 1.51. The molecule has 0 aliphatic carbocycles. The summed E-state index contributed by atoms with van der Waals surface area (Å²) in [5, 5.41) is 0. The molecule has 0 fully saturated rings. The zero-order valence-electron chi connectivity index (χ0n) is 6.85. The van der Waals surface area contributed by atoms with Crippen molar-refractivity contribution in [3.05, 3.63) is 35.4 Å². The summed E-state index contributed by atoms with van der Waals surface area (Å²) in [6, 6.07) is 2.83. The van der Waals surface area contributed by atoms with E-state index < -0.39 is 11.6 Å². The Balaban J connectivity index is 3.08. The number of Topliss-reactive ketones (excluding diaryl/α,β-unsaturated/α-hetero) is 1. The van der Waals surface area contributed by atoms with Gasteiger partial charge in [0.1, 0.15) is 11.6 Å². The van der Waals surface area contributed by atoms with Gasteiger partial charge in [-0.15, -0.1) is 0 Å². The molecular weight excluding hydrogens is 289 g/mol. The third-order valence-corrected chi connectivity index (χ3v) is 2.07. The SMILES string of the molecule is CC(I)C(=O)c1cc(F)cc(F)c1. The van der Waals surface area contributed by atoms with Crippen molar-refractivity contribution in [2.45, 2.75) is 10.8 Å². The fourth-order valence-corrected chi connectivity index (χ4v) is 1.29. The summed E-state index contributed by atoms with van der Waals surface area (Å²) in [5.74, 6) is -1.71. The van der Waals surface area contributed by atoms with Gasteiger partial charge in [-0.25, -0.2) is 8.78 Å². The van der Waals surface area contributed by atoms with Gasteiger partial charge < -0.3 is 0 Å². The molecule has 0 saturated heterocycles. The smallest absolute Gasteiger partial charge is 0.175 e. The highest BCUT2D eigenvalue weighted by Gasteiger charge is 2.13. The van der Waals surface area contributed by atoms with Crippen LogP contribution in [0.1, 0.15) is 17.3 Å². The Bertz CT molecular complexity index is 316. The van der Waals surface area contributed by atoms with Crippen LogP contribution in [0.15, 0.2) is 18.2 Å². The number of carbonyl (C=O) groups excluding carboxylic acids is 1. The molecule has 4 heteroatoms. The number of hydrogen-bond donors (Lipinski definition) is 0. The van der Waals surface area contributed by atoms with E-state index in [9.17, 15) is 13.6 Å². The lowest BCUT2D eigenvalue weighted by atomic mass is 10.1. The molecule has 0 bridgehead atoms. The number of rotatable bonds is 2. The first-order valence-electron chi connectivity index (χ1n) is 3.65. The average Bonchev–Trinajstić information content (AvgIpc) is 2.01. The first-order valence-corrected chi connectivity index (χ1v) is 4.89. The summed E-state index contributed by atoms with van der Waals surface area (Å²) < 4.78 is 25.0. The molecule has 13 heavy (non-hydrogen) atoms. The van der Waals surface area contributed by atoms with Crippen LogP contribution in [0.5, 0.6) is 0 Å². The van der Waals surface area contributed by atoms with Gasteiger partial charge in [-0.3, -0.25) is 4.79 Å². The predicted octanol–water partition coefficient (Wildman–Crippen LogP) is 2.97. The largest absolute Gasteiger partial charge is 0.293 e. The number of carbonyl (C=O) groups is 1. The molecule has 0 amide bonds. The van der Waals surface area contributed by atoms with E-state index in [0.717, 1.165) is 18.2 Å². The number of hydrogen-bond acceptors (Lipinski definition) is 1. The van der Waals surface area contributed by atoms with Crippen LogP contribution in [0.25, 0.3) is 0 Å². The molecule has 1 unspecified atom stereocenters. The van der Waals surface area contributed by atoms with Gasteiger partial charge in [0.25, 0.3) is 0 Å². The van der Waals surface area contributed by atoms with Gasteiger partial charge in [0, 0.05) is 11.6 Å². The lowest BCUT2D eigenvalue weighted by Gasteiger charge is -2.02. The van der Waals surface area contributed by atoms with Gasteiger partial charge in [0.15, 0.2) is 5.78 Å². The van der Waals surface area contributed by atoms with Crippen molar-refractivity contribution in [3.8, 4) is 0 Å². The Morgan fingerprint density at radius 3 is 2.15 bits per heavy atom. The standard InChI is InChI=1S/C9H7F2IO/c1-5(12)9(13)6-2-7(10)4-8(11)3-6/h2-5H,1H3. The molecule has 0 aromatic heterocycles. The molecule has 0 saturated carbocycles. The second-order valence-corrected chi connectivity index (χ2v) is 4.51. The Morgan fingerprint density at radius 1 is 1.31 bits per heavy atom. The molecule has 1 aromatic rings. The van der Waals surface area contributed by atoms with E-state index in [-0.39, 0.29) is 15.3 Å². The minimum absolute atomic E-state index is 0.0828. The maximum absolute atomic E-state index is 12.7. The van der Waals surface area contributed by atoms with Crippen LogP contribution in [-0.4, -0.2) is 9.71 Å². The highest BCUT2D eigenvalue weighted by molar-refractivity contribution is 14.1. The summed E-state index contributed by atoms with van der Waals surface area (Å²) in [6.45, 7) is 1.67. The maximum Gasteiger partial charge on any atom is 0.175 e. The monoisotopic (exact) mass is 296 g/mol. The van der Waals surface area contributed by atoms with Crippen LogP contribution >= 0.6 is 22.6 Å². The molecule has 0 aliphatic rings. The summed E-state index contributed by atoms with van der Waals surface area (Å²) in [4.78, 5) is 11.3. The zero-order valence-corrected chi connectivity index (χ0v) is 9.01. The normalized spacial score (nSPS) is 12.6. The Labute approximate surface area is 88.3 Å². The van der Waals surface area contributed by atoms with Crippen molar-refractivity contribution in [1.82, 2.24) is 0 Å². The zero-order chi connectivity index (χ0) is 10.0. The fraction of sp³-hybridized carbons (Fsp3) is 0.222. The van der Waals surface area contributed by atoms with Gasteiger partial charge in [-0.1, -0.05) is 22.6 Å². The summed E-state index contributed by atoms with van der Waals surface area (Å²) in [5.41, 5.74) is 0.0828. The quantitative estimate of drug-likeness (QED) is 0.466. The van der Waals surface area contributed by atoms with Crippen LogP contribution in [0.2, 0.25) is 0 Å². The molecule has 0 aliphatic heterocycles. The molecule has 1 rings (SSSR count). The topological polar surface area (TPSA) is 17.1 Å². The summed E-state index contributed by atoms with van der Waals surface area (Å²) in [6.07, 6.45) is 0. The van der Waals surface area contributed by atoms with Crippen molar-refractivity contribution in [2.24, 2.45) is 0 Å². The molecule has 0 spiro atoms. The predicted molar refractivity (Wildman–Crippen MR) is 54.2 cm³/mol. The van der Waals surface area contributed by atoms with Crippen LogP contribution in [-0.2, 0) is 0 Å². The number of ketones is 1. The van der Waals surface area contributed by atoms with Gasteiger partial charge in [-0.2, -0.15) is 0 Å². The van der Waals surface area contributed by atoms with Gasteiger partial charge in [0.05, 0.1) is 3.92 Å². The van der Waals surface area contributed by atoms with Crippen LogP contribution < -0.4 is 0 Å². The van der Waals surface area contributed by atoms with Crippen molar-refractivity contribution in [2.75, 3.05) is 0 Å². The molecular formula is C9H7F2IO. The van der Waals surface area contributed by atoms with E-state index in [4.69, 9.17) is 0 Å². The number of benzene rings is 1. The fourth-order valence-electron chi connectivity index (χ4n) is 0.926. The lowest BCUT2D eigenvalue weighted by Crippen LogP contribution is -2.10. The minimum Gasteiger partial charge on any atom is -0.293 e. The van der Waals surface area contributed by atoms with E-state index in [1.165, 1.54) is 0 Å². The second-order valence-electron chi connectivity index (χ2n) is 2.64. The molecule has 0 N–H and O–H groups in total. The second kappa shape index (κ2) is 4.13. The first-order chi connectivity index (χ1) is 6.00. The first kappa shape index (κ1) is 10.6. The van der Waals surface area contributed by atoms with E-state index in [0.29, 0.717) is 0 Å². The molecule has 1 aromatic carbocycles. The Morgan fingerprint density at radius 2 is 1.77 bits per heavy atom. The van der Waals surface area contributed by atoms with Crippen molar-refractivity contribution in [1.29, 1.82) is 0 Å². The van der Waals surface area contributed by atoms with Crippen molar-refractivity contribution < 1.29 is 13.6 Å². The Hall–Kier alpha value is -0.520. The maximum atomic E-state index is 12.7. The highest BCUT2D eigenvalue weighted by Crippen LogP contribution is 2.13. The van der Waals surface area contributed by atoms with Gasteiger partial charge in [-0.05, 0) is 19.1 Å². The number of halogens is 3. The third kappa shape index (κ3) is 2.72. The minimum atomic E-state index is -0.722. The molecule has 1 nitrogen and oxygen atoms in total. The molecule has 1 atom stereocenters.